The SMILES string of the molecule is CC(CCNC(=O)c1cncc(F)c1)C(=O)O. The van der Waals surface area contributed by atoms with Crippen LogP contribution in [0.1, 0.15) is 23.7 Å². The van der Waals surface area contributed by atoms with E-state index in [4.69, 9.17) is 5.11 Å². The molecule has 1 aromatic rings. The number of hydrogen-bond acceptors (Lipinski definition) is 3. The third kappa shape index (κ3) is 4.18. The lowest BCUT2D eigenvalue weighted by Gasteiger charge is -2.07. The van der Waals surface area contributed by atoms with Gasteiger partial charge in [0, 0.05) is 12.7 Å². The standard InChI is InChI=1S/C11H13FN2O3/c1-7(11(16)17)2-3-14-10(15)8-4-9(12)6-13-5-8/h4-7H,2-3H2,1H3,(H,14,15)(H,16,17). The van der Waals surface area contributed by atoms with Gasteiger partial charge in [-0.05, 0) is 12.5 Å². The number of hydrogen-bond donors (Lipinski definition) is 2. The molecule has 0 radical (unpaired) electrons. The topological polar surface area (TPSA) is 79.3 Å². The minimum Gasteiger partial charge on any atom is -0.481 e. The molecular formula is C11H13FN2O3. The molecule has 0 fully saturated rings. The van der Waals surface area contributed by atoms with Crippen LogP contribution in [0.4, 0.5) is 4.39 Å². The molecule has 1 heterocycles. The largest absolute Gasteiger partial charge is 0.481 e. The Hall–Kier alpha value is -1.98. The molecule has 1 rings (SSSR count). The van der Waals surface area contributed by atoms with Crippen molar-refractivity contribution in [3.8, 4) is 0 Å². The summed E-state index contributed by atoms with van der Waals surface area (Å²) in [6.07, 6.45) is 2.58. The van der Waals surface area contributed by atoms with E-state index in [1.165, 1.54) is 6.20 Å². The first kappa shape index (κ1) is 13.1. The van der Waals surface area contributed by atoms with E-state index < -0.39 is 23.6 Å². The second-order valence-electron chi connectivity index (χ2n) is 3.68. The van der Waals surface area contributed by atoms with E-state index in [1.807, 2.05) is 0 Å². The van der Waals surface area contributed by atoms with Gasteiger partial charge in [0.05, 0.1) is 17.7 Å². The first-order valence-corrected chi connectivity index (χ1v) is 5.12. The Kier molecular flexibility index (Phi) is 4.56. The van der Waals surface area contributed by atoms with Crippen molar-refractivity contribution in [2.75, 3.05) is 6.54 Å². The van der Waals surface area contributed by atoms with Crippen LogP contribution in [-0.2, 0) is 4.79 Å². The van der Waals surface area contributed by atoms with Crippen LogP contribution in [-0.4, -0.2) is 28.5 Å². The molecule has 1 amide bonds. The molecule has 92 valence electrons. The molecule has 0 saturated carbocycles. The number of carbonyl (C=O) groups excluding carboxylic acids is 1. The van der Waals surface area contributed by atoms with Gasteiger partial charge in [-0.15, -0.1) is 0 Å². The van der Waals surface area contributed by atoms with Crippen molar-refractivity contribution in [1.82, 2.24) is 10.3 Å². The fraction of sp³-hybridized carbons (Fsp3) is 0.364. The zero-order valence-electron chi connectivity index (χ0n) is 9.31. The van der Waals surface area contributed by atoms with E-state index in [2.05, 4.69) is 10.3 Å². The molecular weight excluding hydrogens is 227 g/mol. The molecule has 1 aromatic heterocycles. The van der Waals surface area contributed by atoms with E-state index in [0.717, 1.165) is 12.3 Å². The van der Waals surface area contributed by atoms with Crippen LogP contribution in [0.2, 0.25) is 0 Å². The van der Waals surface area contributed by atoms with Crippen LogP contribution in [0.3, 0.4) is 0 Å². The summed E-state index contributed by atoms with van der Waals surface area (Å²) in [4.78, 5) is 25.5. The minimum absolute atomic E-state index is 0.118. The lowest BCUT2D eigenvalue weighted by atomic mass is 10.1. The summed E-state index contributed by atoms with van der Waals surface area (Å²) in [7, 11) is 0. The molecule has 5 nitrogen and oxygen atoms in total. The van der Waals surface area contributed by atoms with Crippen molar-refractivity contribution in [1.29, 1.82) is 0 Å². The highest BCUT2D eigenvalue weighted by Gasteiger charge is 2.11. The Bertz CT molecular complexity index is 423. The van der Waals surface area contributed by atoms with Crippen molar-refractivity contribution in [2.24, 2.45) is 5.92 Å². The Labute approximate surface area is 97.7 Å². The van der Waals surface area contributed by atoms with Crippen molar-refractivity contribution < 1.29 is 19.1 Å². The van der Waals surface area contributed by atoms with E-state index in [-0.39, 0.29) is 12.1 Å². The zero-order valence-corrected chi connectivity index (χ0v) is 9.31. The number of nitrogens with zero attached hydrogens (tertiary/aromatic N) is 1. The fourth-order valence-electron chi connectivity index (χ4n) is 1.16. The minimum atomic E-state index is -0.910. The van der Waals surface area contributed by atoms with Gasteiger partial charge >= 0.3 is 5.97 Å². The highest BCUT2D eigenvalue weighted by molar-refractivity contribution is 5.93. The first-order chi connectivity index (χ1) is 8.00. The summed E-state index contributed by atoms with van der Waals surface area (Å²) in [6, 6.07) is 1.07. The lowest BCUT2D eigenvalue weighted by molar-refractivity contribution is -0.141. The summed E-state index contributed by atoms with van der Waals surface area (Å²) < 4.78 is 12.8. The summed E-state index contributed by atoms with van der Waals surface area (Å²) in [6.45, 7) is 1.78. The number of aliphatic carboxylic acids is 1. The number of aromatic nitrogens is 1. The van der Waals surface area contributed by atoms with E-state index in [9.17, 15) is 14.0 Å². The summed E-state index contributed by atoms with van der Waals surface area (Å²) in [5.74, 6) is -2.49. The number of carboxylic acid groups (broad SMARTS) is 1. The summed E-state index contributed by atoms with van der Waals surface area (Å²) in [5.41, 5.74) is 0.118. The van der Waals surface area contributed by atoms with Gasteiger partial charge in [0.25, 0.3) is 5.91 Å². The predicted molar refractivity (Wildman–Crippen MR) is 57.9 cm³/mol. The maximum atomic E-state index is 12.8. The summed E-state index contributed by atoms with van der Waals surface area (Å²) >= 11 is 0. The number of pyridine rings is 1. The number of carbonyl (C=O) groups is 2. The van der Waals surface area contributed by atoms with Crippen LogP contribution < -0.4 is 5.32 Å². The van der Waals surface area contributed by atoms with Gasteiger partial charge in [-0.3, -0.25) is 14.6 Å². The van der Waals surface area contributed by atoms with Gasteiger partial charge < -0.3 is 10.4 Å². The smallest absolute Gasteiger partial charge is 0.306 e. The molecule has 0 aliphatic carbocycles. The van der Waals surface area contributed by atoms with Crippen LogP contribution in [0.25, 0.3) is 0 Å². The average Bonchev–Trinajstić information content (AvgIpc) is 2.28. The Morgan fingerprint density at radius 2 is 2.24 bits per heavy atom. The van der Waals surface area contributed by atoms with Gasteiger partial charge in [-0.25, -0.2) is 4.39 Å². The average molecular weight is 240 g/mol. The fourth-order valence-corrected chi connectivity index (χ4v) is 1.16. The third-order valence-corrected chi connectivity index (χ3v) is 2.25. The molecule has 0 bridgehead atoms. The number of rotatable bonds is 5. The van der Waals surface area contributed by atoms with Crippen LogP contribution in [0.5, 0.6) is 0 Å². The van der Waals surface area contributed by atoms with Crippen molar-refractivity contribution in [2.45, 2.75) is 13.3 Å². The Balaban J connectivity index is 2.43. The van der Waals surface area contributed by atoms with Gasteiger partial charge in [-0.2, -0.15) is 0 Å². The zero-order chi connectivity index (χ0) is 12.8. The van der Waals surface area contributed by atoms with Crippen molar-refractivity contribution in [3.63, 3.8) is 0 Å². The molecule has 1 atom stereocenters. The molecule has 0 aliphatic heterocycles. The molecule has 1 unspecified atom stereocenters. The molecule has 0 aliphatic rings. The van der Waals surface area contributed by atoms with Crippen LogP contribution in [0, 0.1) is 11.7 Å². The second kappa shape index (κ2) is 5.93. The number of halogens is 1. The van der Waals surface area contributed by atoms with E-state index >= 15 is 0 Å². The third-order valence-electron chi connectivity index (χ3n) is 2.25. The Morgan fingerprint density at radius 3 is 2.82 bits per heavy atom. The van der Waals surface area contributed by atoms with Crippen LogP contribution >= 0.6 is 0 Å². The van der Waals surface area contributed by atoms with Crippen molar-refractivity contribution in [3.05, 3.63) is 29.8 Å². The molecule has 6 heteroatoms. The van der Waals surface area contributed by atoms with Gasteiger partial charge in [0.15, 0.2) is 0 Å². The van der Waals surface area contributed by atoms with Gasteiger partial charge in [-0.1, -0.05) is 6.92 Å². The normalized spacial score (nSPS) is 11.9. The maximum Gasteiger partial charge on any atom is 0.306 e. The molecule has 2 N–H and O–H groups in total. The number of nitrogens with one attached hydrogen (secondary N) is 1. The first-order valence-electron chi connectivity index (χ1n) is 5.12. The molecule has 0 aromatic carbocycles. The number of carboxylic acids is 1. The second-order valence-corrected chi connectivity index (χ2v) is 3.68. The quantitative estimate of drug-likeness (QED) is 0.806. The van der Waals surface area contributed by atoms with E-state index in [1.54, 1.807) is 6.92 Å². The van der Waals surface area contributed by atoms with E-state index in [0.29, 0.717) is 6.42 Å². The lowest BCUT2D eigenvalue weighted by Crippen LogP contribution is -2.27. The predicted octanol–water partition coefficient (Wildman–Crippen LogP) is 1.06. The maximum absolute atomic E-state index is 12.8. The van der Waals surface area contributed by atoms with Crippen molar-refractivity contribution >= 4 is 11.9 Å². The van der Waals surface area contributed by atoms with Gasteiger partial charge in [0.1, 0.15) is 5.82 Å². The highest BCUT2D eigenvalue weighted by atomic mass is 19.1. The van der Waals surface area contributed by atoms with Gasteiger partial charge in [0.2, 0.25) is 0 Å². The highest BCUT2D eigenvalue weighted by Crippen LogP contribution is 2.02. The van der Waals surface area contributed by atoms with Crippen LogP contribution in [0.15, 0.2) is 18.5 Å². The number of amides is 1. The molecule has 0 spiro atoms. The summed E-state index contributed by atoms with van der Waals surface area (Å²) in [5, 5.41) is 11.1. The Morgan fingerprint density at radius 1 is 1.53 bits per heavy atom. The molecule has 17 heavy (non-hydrogen) atoms. The molecule has 0 saturated heterocycles. The monoisotopic (exact) mass is 240 g/mol.